The molecule has 0 N–H and O–H groups in total. The van der Waals surface area contributed by atoms with E-state index in [1.807, 2.05) is 0 Å². The van der Waals surface area contributed by atoms with Crippen molar-refractivity contribution in [2.24, 2.45) is 23.2 Å². The molecule has 0 aliphatic rings. The van der Waals surface area contributed by atoms with Crippen LogP contribution in [0, 0.1) is 23.2 Å². The van der Waals surface area contributed by atoms with Crippen molar-refractivity contribution in [1.29, 1.82) is 0 Å². The fraction of sp³-hybridized carbons (Fsp3) is 0.882. The Labute approximate surface area is 110 Å². The third-order valence-electron chi connectivity index (χ3n) is 5.22. The molecule has 0 aromatic rings. The molecule has 0 rings (SSSR count). The van der Waals surface area contributed by atoms with Crippen LogP contribution in [0.15, 0.2) is 12.7 Å². The van der Waals surface area contributed by atoms with E-state index in [1.165, 1.54) is 32.1 Å². The standard InChI is InChI=1S/C17H34/c1-8-11-12-13-14(4)15(5)16(6)17(7,9-2)10-3/h9,14-16H,2,8,10-13H2,1,3-7H3. The highest BCUT2D eigenvalue weighted by atomic mass is 14.4. The molecule has 4 unspecified atom stereocenters. The molecule has 0 radical (unpaired) electrons. The van der Waals surface area contributed by atoms with E-state index in [0.717, 1.165) is 17.8 Å². The van der Waals surface area contributed by atoms with E-state index >= 15 is 0 Å². The molecule has 0 bridgehead atoms. The third-order valence-corrected chi connectivity index (χ3v) is 5.22. The smallest absolute Gasteiger partial charge is 0.0124 e. The zero-order valence-corrected chi connectivity index (χ0v) is 13.1. The minimum absolute atomic E-state index is 0.304. The minimum Gasteiger partial charge on any atom is -0.103 e. The van der Waals surface area contributed by atoms with Crippen LogP contribution >= 0.6 is 0 Å². The molecule has 0 saturated heterocycles. The second-order valence-electron chi connectivity index (χ2n) is 6.18. The first kappa shape index (κ1) is 16.7. The van der Waals surface area contributed by atoms with E-state index in [9.17, 15) is 0 Å². The van der Waals surface area contributed by atoms with Crippen LogP contribution in [0.25, 0.3) is 0 Å². The normalized spacial score (nSPS) is 20.4. The third kappa shape index (κ3) is 4.85. The molecule has 0 aromatic carbocycles. The fourth-order valence-corrected chi connectivity index (χ4v) is 2.72. The summed E-state index contributed by atoms with van der Waals surface area (Å²) in [6.45, 7) is 18.2. The lowest BCUT2D eigenvalue weighted by atomic mass is 9.67. The maximum absolute atomic E-state index is 4.04. The van der Waals surface area contributed by atoms with Crippen molar-refractivity contribution in [3.63, 3.8) is 0 Å². The lowest BCUT2D eigenvalue weighted by Crippen LogP contribution is -2.30. The van der Waals surface area contributed by atoms with Crippen molar-refractivity contribution in [1.82, 2.24) is 0 Å². The Hall–Kier alpha value is -0.260. The molecular formula is C17H34. The number of rotatable bonds is 9. The summed E-state index contributed by atoms with van der Waals surface area (Å²) >= 11 is 0. The molecule has 102 valence electrons. The summed E-state index contributed by atoms with van der Waals surface area (Å²) in [6.07, 6.45) is 8.87. The Bertz CT molecular complexity index is 206. The molecule has 0 spiro atoms. The van der Waals surface area contributed by atoms with Crippen molar-refractivity contribution in [2.75, 3.05) is 0 Å². The van der Waals surface area contributed by atoms with Gasteiger partial charge in [-0.2, -0.15) is 0 Å². The lowest BCUT2D eigenvalue weighted by molar-refractivity contribution is 0.144. The molecule has 0 aliphatic carbocycles. The van der Waals surface area contributed by atoms with Gasteiger partial charge in [0.15, 0.2) is 0 Å². The van der Waals surface area contributed by atoms with Gasteiger partial charge in [-0.15, -0.1) is 6.58 Å². The highest BCUT2D eigenvalue weighted by molar-refractivity contribution is 4.96. The average Bonchev–Trinajstić information content (AvgIpc) is 2.36. The van der Waals surface area contributed by atoms with E-state index in [-0.39, 0.29) is 0 Å². The average molecular weight is 238 g/mol. The summed E-state index contributed by atoms with van der Waals surface area (Å²) in [7, 11) is 0. The maximum Gasteiger partial charge on any atom is -0.0124 e. The first-order chi connectivity index (χ1) is 7.92. The predicted octanol–water partition coefficient (Wildman–Crippen LogP) is 6.08. The summed E-state index contributed by atoms with van der Waals surface area (Å²) in [4.78, 5) is 0. The Morgan fingerprint density at radius 3 is 2.12 bits per heavy atom. The van der Waals surface area contributed by atoms with E-state index in [1.54, 1.807) is 0 Å². The van der Waals surface area contributed by atoms with Crippen LogP contribution in [0.4, 0.5) is 0 Å². The summed E-state index contributed by atoms with van der Waals surface area (Å²) in [5, 5.41) is 0. The highest BCUT2D eigenvalue weighted by Gasteiger charge is 2.32. The maximum atomic E-state index is 4.04. The first-order valence-electron chi connectivity index (χ1n) is 7.56. The van der Waals surface area contributed by atoms with E-state index < -0.39 is 0 Å². The van der Waals surface area contributed by atoms with Gasteiger partial charge in [-0.3, -0.25) is 0 Å². The predicted molar refractivity (Wildman–Crippen MR) is 80.2 cm³/mol. The van der Waals surface area contributed by atoms with Gasteiger partial charge in [0.25, 0.3) is 0 Å². The fourth-order valence-electron chi connectivity index (χ4n) is 2.72. The number of allylic oxidation sites excluding steroid dienone is 1. The van der Waals surface area contributed by atoms with Gasteiger partial charge in [-0.05, 0) is 29.6 Å². The van der Waals surface area contributed by atoms with Gasteiger partial charge in [0.05, 0.1) is 0 Å². The summed E-state index contributed by atoms with van der Waals surface area (Å²) in [6, 6.07) is 0. The van der Waals surface area contributed by atoms with Gasteiger partial charge in [0.2, 0.25) is 0 Å². The van der Waals surface area contributed by atoms with Crippen molar-refractivity contribution >= 4 is 0 Å². The summed E-state index contributed by atoms with van der Waals surface area (Å²) in [5.74, 6) is 2.35. The molecule has 0 heteroatoms. The molecule has 4 atom stereocenters. The van der Waals surface area contributed by atoms with Gasteiger partial charge < -0.3 is 0 Å². The molecule has 0 heterocycles. The lowest BCUT2D eigenvalue weighted by Gasteiger charge is -2.38. The Morgan fingerprint density at radius 2 is 1.71 bits per heavy atom. The molecule has 0 aromatic heterocycles. The molecule has 0 nitrogen and oxygen atoms in total. The number of hydrogen-bond donors (Lipinski definition) is 0. The molecule has 0 fully saturated rings. The monoisotopic (exact) mass is 238 g/mol. The Balaban J connectivity index is 4.36. The van der Waals surface area contributed by atoms with E-state index in [0.29, 0.717) is 5.41 Å². The van der Waals surface area contributed by atoms with Gasteiger partial charge in [-0.1, -0.05) is 73.3 Å². The van der Waals surface area contributed by atoms with Crippen LogP contribution in [-0.4, -0.2) is 0 Å². The van der Waals surface area contributed by atoms with Crippen LogP contribution < -0.4 is 0 Å². The first-order valence-corrected chi connectivity index (χ1v) is 7.56. The van der Waals surface area contributed by atoms with Gasteiger partial charge >= 0.3 is 0 Å². The van der Waals surface area contributed by atoms with Crippen molar-refractivity contribution in [3.05, 3.63) is 12.7 Å². The summed E-state index contributed by atoms with van der Waals surface area (Å²) in [5.41, 5.74) is 0.304. The SMILES string of the molecule is C=CC(C)(CC)C(C)C(C)C(C)CCCCC. The molecule has 0 aliphatic heterocycles. The second-order valence-corrected chi connectivity index (χ2v) is 6.18. The van der Waals surface area contributed by atoms with Crippen LogP contribution in [0.3, 0.4) is 0 Å². The van der Waals surface area contributed by atoms with E-state index in [2.05, 4.69) is 54.2 Å². The molecule has 0 amide bonds. The largest absolute Gasteiger partial charge is 0.103 e. The van der Waals surface area contributed by atoms with Crippen molar-refractivity contribution in [3.8, 4) is 0 Å². The number of hydrogen-bond acceptors (Lipinski definition) is 0. The van der Waals surface area contributed by atoms with Crippen LogP contribution in [-0.2, 0) is 0 Å². The van der Waals surface area contributed by atoms with Crippen molar-refractivity contribution < 1.29 is 0 Å². The minimum atomic E-state index is 0.304. The second kappa shape index (κ2) is 7.95. The highest BCUT2D eigenvalue weighted by Crippen LogP contribution is 2.40. The van der Waals surface area contributed by atoms with Crippen LogP contribution in [0.5, 0.6) is 0 Å². The zero-order chi connectivity index (χ0) is 13.5. The number of unbranched alkanes of at least 4 members (excludes halogenated alkanes) is 2. The van der Waals surface area contributed by atoms with Crippen molar-refractivity contribution in [2.45, 2.75) is 73.6 Å². The molecular weight excluding hydrogens is 204 g/mol. The van der Waals surface area contributed by atoms with Crippen LogP contribution in [0.2, 0.25) is 0 Å². The Kier molecular flexibility index (Phi) is 7.83. The van der Waals surface area contributed by atoms with E-state index in [4.69, 9.17) is 0 Å². The zero-order valence-electron chi connectivity index (χ0n) is 13.1. The summed E-state index contributed by atoms with van der Waals surface area (Å²) < 4.78 is 0. The molecule has 17 heavy (non-hydrogen) atoms. The van der Waals surface area contributed by atoms with Crippen LogP contribution in [0.1, 0.15) is 73.6 Å². The van der Waals surface area contributed by atoms with Gasteiger partial charge in [0.1, 0.15) is 0 Å². The van der Waals surface area contributed by atoms with Gasteiger partial charge in [0, 0.05) is 0 Å². The Morgan fingerprint density at radius 1 is 1.12 bits per heavy atom. The van der Waals surface area contributed by atoms with Gasteiger partial charge in [-0.25, -0.2) is 0 Å². The quantitative estimate of drug-likeness (QED) is 0.337. The molecule has 0 saturated carbocycles. The topological polar surface area (TPSA) is 0 Å².